The molecular weight excluding hydrogens is 427 g/mol. The van der Waals surface area contributed by atoms with Crippen molar-refractivity contribution in [3.05, 3.63) is 53.8 Å². The number of amides is 1. The smallest absolute Gasteiger partial charge is 0.234 e. The summed E-state index contributed by atoms with van der Waals surface area (Å²) in [6.07, 6.45) is 0. The molecule has 1 aromatic heterocycles. The van der Waals surface area contributed by atoms with Gasteiger partial charge >= 0.3 is 0 Å². The van der Waals surface area contributed by atoms with E-state index in [9.17, 15) is 9.18 Å². The summed E-state index contributed by atoms with van der Waals surface area (Å²) in [4.78, 5) is 17.2. The molecule has 2 heterocycles. The average Bonchev–Trinajstić information content (AvgIpc) is 3.15. The summed E-state index contributed by atoms with van der Waals surface area (Å²) >= 11 is 1.27. The van der Waals surface area contributed by atoms with Gasteiger partial charge in [0.15, 0.2) is 11.0 Å². The van der Waals surface area contributed by atoms with Crippen LogP contribution in [0.5, 0.6) is 0 Å². The highest BCUT2D eigenvalue weighted by atomic mass is 32.2. The van der Waals surface area contributed by atoms with Crippen LogP contribution in [-0.2, 0) is 11.8 Å². The molecule has 1 saturated heterocycles. The van der Waals surface area contributed by atoms with Gasteiger partial charge in [0, 0.05) is 44.6 Å². The van der Waals surface area contributed by atoms with E-state index >= 15 is 0 Å². The van der Waals surface area contributed by atoms with E-state index in [1.54, 1.807) is 29.8 Å². The van der Waals surface area contributed by atoms with Crippen LogP contribution in [0, 0.1) is 12.7 Å². The summed E-state index contributed by atoms with van der Waals surface area (Å²) in [6.45, 7) is 6.12. The maximum Gasteiger partial charge on any atom is 0.234 e. The summed E-state index contributed by atoms with van der Waals surface area (Å²) in [5, 5.41) is 11.7. The first-order chi connectivity index (χ1) is 15.4. The van der Waals surface area contributed by atoms with Gasteiger partial charge in [-0.3, -0.25) is 4.79 Å². The van der Waals surface area contributed by atoms with E-state index in [0.29, 0.717) is 16.5 Å². The maximum absolute atomic E-state index is 14.1. The topological polar surface area (TPSA) is 66.3 Å². The zero-order chi connectivity index (χ0) is 22.7. The largest absolute Gasteiger partial charge is 0.369 e. The second-order valence-electron chi connectivity index (χ2n) is 7.97. The molecule has 3 aromatic rings. The number of nitrogens with one attached hydrogen (secondary N) is 1. The summed E-state index contributed by atoms with van der Waals surface area (Å²) in [5.41, 5.74) is 3.40. The Morgan fingerprint density at radius 3 is 2.56 bits per heavy atom. The molecule has 9 heteroatoms. The molecule has 7 nitrogen and oxygen atoms in total. The third-order valence-corrected chi connectivity index (χ3v) is 6.65. The van der Waals surface area contributed by atoms with Crippen molar-refractivity contribution in [3.63, 3.8) is 0 Å². The molecule has 1 aliphatic heterocycles. The number of thioether (sulfide) groups is 1. The van der Waals surface area contributed by atoms with Crippen molar-refractivity contribution in [2.24, 2.45) is 7.05 Å². The highest BCUT2D eigenvalue weighted by Gasteiger charge is 2.17. The van der Waals surface area contributed by atoms with Crippen molar-refractivity contribution in [2.75, 3.05) is 49.2 Å². The Balaban J connectivity index is 1.36. The van der Waals surface area contributed by atoms with E-state index in [1.165, 1.54) is 23.5 Å². The Labute approximate surface area is 191 Å². The fourth-order valence-corrected chi connectivity index (χ4v) is 4.39. The summed E-state index contributed by atoms with van der Waals surface area (Å²) in [5.74, 6) is 0.137. The van der Waals surface area contributed by atoms with Crippen molar-refractivity contribution >= 4 is 29.0 Å². The van der Waals surface area contributed by atoms with Crippen LogP contribution in [0.2, 0.25) is 0 Å². The summed E-state index contributed by atoms with van der Waals surface area (Å²) in [6, 6.07) is 12.6. The van der Waals surface area contributed by atoms with E-state index < -0.39 is 0 Å². The lowest BCUT2D eigenvalue weighted by Gasteiger charge is -2.34. The van der Waals surface area contributed by atoms with Gasteiger partial charge < -0.3 is 19.7 Å². The van der Waals surface area contributed by atoms with Crippen LogP contribution in [0.1, 0.15) is 5.56 Å². The van der Waals surface area contributed by atoms with Gasteiger partial charge in [0.25, 0.3) is 0 Å². The third-order valence-electron chi connectivity index (χ3n) is 5.63. The Hall–Kier alpha value is -2.91. The summed E-state index contributed by atoms with van der Waals surface area (Å²) in [7, 11) is 3.91. The number of carbonyl (C=O) groups is 1. The zero-order valence-corrected chi connectivity index (χ0v) is 19.3. The molecule has 168 valence electrons. The lowest BCUT2D eigenvalue weighted by molar-refractivity contribution is -0.113. The number of nitrogens with zero attached hydrogens (tertiary/aromatic N) is 5. The van der Waals surface area contributed by atoms with Gasteiger partial charge in [-0.15, -0.1) is 10.2 Å². The SMILES string of the molecule is Cc1cc(N2CCN(C)CC2)ccc1NC(=O)CSc1nnc(-c2ccccc2F)n1C. The summed E-state index contributed by atoms with van der Waals surface area (Å²) < 4.78 is 15.8. The van der Waals surface area contributed by atoms with E-state index in [-0.39, 0.29) is 17.5 Å². The number of hydrogen-bond acceptors (Lipinski definition) is 6. The fraction of sp³-hybridized carbons (Fsp3) is 0.348. The van der Waals surface area contributed by atoms with E-state index in [4.69, 9.17) is 0 Å². The predicted molar refractivity (Wildman–Crippen MR) is 127 cm³/mol. The average molecular weight is 455 g/mol. The van der Waals surface area contributed by atoms with Gasteiger partial charge in [0.05, 0.1) is 11.3 Å². The number of halogens is 1. The molecule has 0 aliphatic carbocycles. The minimum Gasteiger partial charge on any atom is -0.369 e. The molecule has 0 atom stereocenters. The number of hydrogen-bond donors (Lipinski definition) is 1. The van der Waals surface area contributed by atoms with Gasteiger partial charge in [0.1, 0.15) is 5.82 Å². The number of piperazine rings is 1. The quantitative estimate of drug-likeness (QED) is 0.576. The molecule has 1 amide bonds. The lowest BCUT2D eigenvalue weighted by Crippen LogP contribution is -2.44. The van der Waals surface area contributed by atoms with Crippen LogP contribution in [0.4, 0.5) is 15.8 Å². The van der Waals surface area contributed by atoms with Crippen molar-refractivity contribution in [3.8, 4) is 11.4 Å². The number of likely N-dealkylation sites (N-methyl/N-ethyl adjacent to an activating group) is 1. The highest BCUT2D eigenvalue weighted by molar-refractivity contribution is 7.99. The van der Waals surface area contributed by atoms with E-state index in [1.807, 2.05) is 13.0 Å². The number of rotatable bonds is 6. The van der Waals surface area contributed by atoms with E-state index in [2.05, 4.69) is 44.5 Å². The van der Waals surface area contributed by atoms with Gasteiger partial charge in [-0.25, -0.2) is 4.39 Å². The Morgan fingerprint density at radius 1 is 1.09 bits per heavy atom. The first-order valence-electron chi connectivity index (χ1n) is 10.5. The number of aryl methyl sites for hydroxylation is 1. The van der Waals surface area contributed by atoms with Crippen molar-refractivity contribution in [1.29, 1.82) is 0 Å². The van der Waals surface area contributed by atoms with Crippen LogP contribution >= 0.6 is 11.8 Å². The van der Waals surface area contributed by atoms with E-state index in [0.717, 1.165) is 37.4 Å². The molecular formula is C23H27FN6OS. The Kier molecular flexibility index (Phi) is 6.76. The minimum absolute atomic E-state index is 0.124. The van der Waals surface area contributed by atoms with Crippen molar-refractivity contribution in [1.82, 2.24) is 19.7 Å². The van der Waals surface area contributed by atoms with Gasteiger partial charge in [0.2, 0.25) is 5.91 Å². The van der Waals surface area contributed by atoms with Crippen LogP contribution in [0.15, 0.2) is 47.6 Å². The first-order valence-corrected chi connectivity index (χ1v) is 11.5. The highest BCUT2D eigenvalue weighted by Crippen LogP contribution is 2.26. The predicted octanol–water partition coefficient (Wildman–Crippen LogP) is 3.41. The zero-order valence-electron chi connectivity index (χ0n) is 18.5. The maximum atomic E-state index is 14.1. The van der Waals surface area contributed by atoms with Gasteiger partial charge in [-0.05, 0) is 49.9 Å². The molecule has 0 radical (unpaired) electrons. The molecule has 0 spiro atoms. The van der Waals surface area contributed by atoms with Gasteiger partial charge in [-0.2, -0.15) is 0 Å². The molecule has 0 unspecified atom stereocenters. The normalized spacial score (nSPS) is 14.6. The Morgan fingerprint density at radius 2 is 1.84 bits per heavy atom. The molecule has 2 aromatic carbocycles. The molecule has 32 heavy (non-hydrogen) atoms. The Bertz CT molecular complexity index is 1110. The van der Waals surface area contributed by atoms with Crippen LogP contribution < -0.4 is 10.2 Å². The number of aromatic nitrogens is 3. The second-order valence-corrected chi connectivity index (χ2v) is 8.91. The van der Waals surface area contributed by atoms with Crippen LogP contribution in [0.25, 0.3) is 11.4 Å². The molecule has 1 N–H and O–H groups in total. The lowest BCUT2D eigenvalue weighted by atomic mass is 10.1. The number of carbonyl (C=O) groups excluding carboxylic acids is 1. The first kappa shape index (κ1) is 22.3. The van der Waals surface area contributed by atoms with Crippen LogP contribution in [0.3, 0.4) is 0 Å². The third kappa shape index (κ3) is 4.94. The molecule has 1 fully saturated rings. The van der Waals surface area contributed by atoms with Crippen molar-refractivity contribution in [2.45, 2.75) is 12.1 Å². The number of benzene rings is 2. The molecule has 4 rings (SSSR count). The fourth-order valence-electron chi connectivity index (χ4n) is 3.68. The van der Waals surface area contributed by atoms with Crippen molar-refractivity contribution < 1.29 is 9.18 Å². The second kappa shape index (κ2) is 9.70. The monoisotopic (exact) mass is 454 g/mol. The van der Waals surface area contributed by atoms with Crippen LogP contribution in [-0.4, -0.2) is 64.6 Å². The number of anilines is 2. The van der Waals surface area contributed by atoms with Gasteiger partial charge in [-0.1, -0.05) is 23.9 Å². The molecule has 0 bridgehead atoms. The standard InChI is InChI=1S/C23H27FN6OS/c1-16-14-17(30-12-10-28(2)11-13-30)8-9-20(16)25-21(31)15-32-23-27-26-22(29(23)3)18-6-4-5-7-19(18)24/h4-9,14H,10-13,15H2,1-3H3,(H,25,31). The molecule has 1 aliphatic rings. The molecule has 0 saturated carbocycles. The minimum atomic E-state index is -0.354.